The first-order valence-corrected chi connectivity index (χ1v) is 7.53. The first kappa shape index (κ1) is 13.5. The number of para-hydroxylation sites is 1. The number of thioether (sulfide) groups is 1. The molecule has 1 saturated carbocycles. The Balaban J connectivity index is 1.87. The fraction of sp³-hybridized carbons (Fsp3) is 0.467. The van der Waals surface area contributed by atoms with Crippen molar-refractivity contribution in [2.45, 2.75) is 36.8 Å². The molecule has 0 aliphatic heterocycles. The summed E-state index contributed by atoms with van der Waals surface area (Å²) in [7, 11) is 0. The second kappa shape index (κ2) is 6.86. The second-order valence-electron chi connectivity index (χ2n) is 4.49. The maximum Gasteiger partial charge on any atom is 0.0614 e. The van der Waals surface area contributed by atoms with Crippen molar-refractivity contribution in [2.75, 3.05) is 17.7 Å². The molecule has 1 aromatic carbocycles. The highest BCUT2D eigenvalue weighted by atomic mass is 32.2. The highest BCUT2D eigenvalue weighted by molar-refractivity contribution is 7.99. The maximum absolute atomic E-state index is 5.58. The summed E-state index contributed by atoms with van der Waals surface area (Å²) in [6.45, 7) is 6.65. The van der Waals surface area contributed by atoms with Crippen molar-refractivity contribution in [1.29, 1.82) is 0 Å². The van der Waals surface area contributed by atoms with Crippen LogP contribution in [-0.4, -0.2) is 24.5 Å². The Labute approximate surface area is 114 Å². The molecule has 0 spiro atoms. The van der Waals surface area contributed by atoms with E-state index in [0.717, 1.165) is 25.2 Å². The van der Waals surface area contributed by atoms with Crippen LogP contribution >= 0.6 is 11.8 Å². The second-order valence-corrected chi connectivity index (χ2v) is 5.55. The highest BCUT2D eigenvalue weighted by Gasteiger charge is 2.29. The van der Waals surface area contributed by atoms with E-state index < -0.39 is 0 Å². The Morgan fingerprint density at radius 2 is 2.22 bits per heavy atom. The van der Waals surface area contributed by atoms with Gasteiger partial charge in [0, 0.05) is 29.0 Å². The van der Waals surface area contributed by atoms with Crippen LogP contribution in [0.15, 0.2) is 41.8 Å². The van der Waals surface area contributed by atoms with E-state index in [9.17, 15) is 0 Å². The molecule has 18 heavy (non-hydrogen) atoms. The SMILES string of the molecule is C=CCSc1ccccc1NC1CC(OCC)C1. The van der Waals surface area contributed by atoms with Crippen molar-refractivity contribution < 1.29 is 4.74 Å². The quantitative estimate of drug-likeness (QED) is 0.594. The molecule has 0 saturated heterocycles. The van der Waals surface area contributed by atoms with Crippen LogP contribution in [0.2, 0.25) is 0 Å². The minimum Gasteiger partial charge on any atom is -0.381 e. The van der Waals surface area contributed by atoms with Gasteiger partial charge in [0.25, 0.3) is 0 Å². The summed E-state index contributed by atoms with van der Waals surface area (Å²) in [5.74, 6) is 0.949. The minimum atomic E-state index is 0.459. The predicted octanol–water partition coefficient (Wildman–Crippen LogP) is 3.94. The Hall–Kier alpha value is -0.930. The minimum absolute atomic E-state index is 0.459. The van der Waals surface area contributed by atoms with E-state index >= 15 is 0 Å². The molecule has 0 bridgehead atoms. The Morgan fingerprint density at radius 1 is 1.44 bits per heavy atom. The summed E-state index contributed by atoms with van der Waals surface area (Å²) in [4.78, 5) is 1.30. The van der Waals surface area contributed by atoms with E-state index in [0.29, 0.717) is 12.1 Å². The molecule has 98 valence electrons. The number of hydrogen-bond acceptors (Lipinski definition) is 3. The zero-order valence-electron chi connectivity index (χ0n) is 10.9. The molecule has 1 aliphatic carbocycles. The largest absolute Gasteiger partial charge is 0.381 e. The van der Waals surface area contributed by atoms with Crippen molar-refractivity contribution in [3.63, 3.8) is 0 Å². The average Bonchev–Trinajstić information content (AvgIpc) is 2.35. The van der Waals surface area contributed by atoms with Crippen molar-refractivity contribution in [3.8, 4) is 0 Å². The number of hydrogen-bond donors (Lipinski definition) is 1. The molecule has 0 atom stereocenters. The molecule has 0 amide bonds. The number of ether oxygens (including phenoxy) is 1. The fourth-order valence-electron chi connectivity index (χ4n) is 2.14. The normalized spacial score (nSPS) is 22.3. The Morgan fingerprint density at radius 3 is 2.94 bits per heavy atom. The molecular formula is C15H21NOS. The van der Waals surface area contributed by atoms with Crippen molar-refractivity contribution in [2.24, 2.45) is 0 Å². The topological polar surface area (TPSA) is 21.3 Å². The van der Waals surface area contributed by atoms with Gasteiger partial charge in [-0.25, -0.2) is 0 Å². The van der Waals surface area contributed by atoms with Gasteiger partial charge in [-0.15, -0.1) is 18.3 Å². The first-order chi connectivity index (χ1) is 8.83. The lowest BCUT2D eigenvalue weighted by atomic mass is 9.89. The summed E-state index contributed by atoms with van der Waals surface area (Å²) >= 11 is 1.82. The van der Waals surface area contributed by atoms with E-state index in [1.165, 1.54) is 10.6 Å². The lowest BCUT2D eigenvalue weighted by molar-refractivity contribution is 0.00295. The van der Waals surface area contributed by atoms with Crippen molar-refractivity contribution >= 4 is 17.4 Å². The molecular weight excluding hydrogens is 242 g/mol. The van der Waals surface area contributed by atoms with Gasteiger partial charge in [0.1, 0.15) is 0 Å². The molecule has 1 aromatic rings. The van der Waals surface area contributed by atoms with Gasteiger partial charge in [0.2, 0.25) is 0 Å². The van der Waals surface area contributed by atoms with Crippen LogP contribution in [0.5, 0.6) is 0 Å². The third kappa shape index (κ3) is 3.53. The number of anilines is 1. The van der Waals surface area contributed by atoms with Crippen LogP contribution in [-0.2, 0) is 4.74 Å². The van der Waals surface area contributed by atoms with E-state index in [-0.39, 0.29) is 0 Å². The monoisotopic (exact) mass is 263 g/mol. The lowest BCUT2D eigenvalue weighted by Crippen LogP contribution is -2.40. The van der Waals surface area contributed by atoms with E-state index in [4.69, 9.17) is 4.74 Å². The van der Waals surface area contributed by atoms with Gasteiger partial charge in [-0.1, -0.05) is 18.2 Å². The number of nitrogens with one attached hydrogen (secondary N) is 1. The lowest BCUT2D eigenvalue weighted by Gasteiger charge is -2.36. The average molecular weight is 263 g/mol. The van der Waals surface area contributed by atoms with Gasteiger partial charge in [-0.05, 0) is 31.9 Å². The van der Waals surface area contributed by atoms with Crippen LogP contribution in [0.3, 0.4) is 0 Å². The van der Waals surface area contributed by atoms with Gasteiger partial charge < -0.3 is 10.1 Å². The predicted molar refractivity (Wildman–Crippen MR) is 79.4 cm³/mol. The van der Waals surface area contributed by atoms with Gasteiger partial charge in [0.05, 0.1) is 6.10 Å². The summed E-state index contributed by atoms with van der Waals surface area (Å²) in [5.41, 5.74) is 1.24. The summed E-state index contributed by atoms with van der Waals surface area (Å²) in [6, 6.07) is 9.04. The number of benzene rings is 1. The van der Waals surface area contributed by atoms with Gasteiger partial charge in [-0.2, -0.15) is 0 Å². The molecule has 3 heteroatoms. The van der Waals surface area contributed by atoms with Gasteiger partial charge >= 0.3 is 0 Å². The van der Waals surface area contributed by atoms with Crippen molar-refractivity contribution in [1.82, 2.24) is 0 Å². The van der Waals surface area contributed by atoms with Gasteiger partial charge in [-0.3, -0.25) is 0 Å². The third-order valence-corrected chi connectivity index (χ3v) is 4.17. The van der Waals surface area contributed by atoms with E-state index in [1.807, 2.05) is 17.8 Å². The number of rotatable bonds is 7. The van der Waals surface area contributed by atoms with Crippen LogP contribution in [0.25, 0.3) is 0 Å². The van der Waals surface area contributed by atoms with Crippen LogP contribution in [0.1, 0.15) is 19.8 Å². The first-order valence-electron chi connectivity index (χ1n) is 6.54. The molecule has 0 radical (unpaired) electrons. The Kier molecular flexibility index (Phi) is 5.14. The zero-order valence-corrected chi connectivity index (χ0v) is 11.7. The van der Waals surface area contributed by atoms with Crippen LogP contribution in [0.4, 0.5) is 5.69 Å². The van der Waals surface area contributed by atoms with Gasteiger partial charge in [0.15, 0.2) is 0 Å². The third-order valence-electron chi connectivity index (χ3n) is 3.10. The molecule has 1 aliphatic rings. The molecule has 0 unspecified atom stereocenters. The van der Waals surface area contributed by atoms with Crippen LogP contribution < -0.4 is 5.32 Å². The summed E-state index contributed by atoms with van der Waals surface area (Å²) < 4.78 is 5.58. The van der Waals surface area contributed by atoms with E-state index in [1.54, 1.807) is 0 Å². The molecule has 1 N–H and O–H groups in total. The van der Waals surface area contributed by atoms with Crippen LogP contribution in [0, 0.1) is 0 Å². The summed E-state index contributed by atoms with van der Waals surface area (Å²) in [6.07, 6.45) is 4.64. The molecule has 1 fully saturated rings. The smallest absolute Gasteiger partial charge is 0.0614 e. The highest BCUT2D eigenvalue weighted by Crippen LogP contribution is 2.32. The maximum atomic E-state index is 5.58. The molecule has 2 rings (SSSR count). The van der Waals surface area contributed by atoms with Crippen molar-refractivity contribution in [3.05, 3.63) is 36.9 Å². The summed E-state index contributed by atoms with van der Waals surface area (Å²) in [5, 5.41) is 3.61. The fourth-order valence-corrected chi connectivity index (χ4v) is 2.89. The zero-order chi connectivity index (χ0) is 12.8. The molecule has 0 aromatic heterocycles. The van der Waals surface area contributed by atoms with E-state index in [2.05, 4.69) is 43.1 Å². The Bertz CT molecular complexity index is 388. The standard InChI is InChI=1S/C15H21NOS/c1-3-9-18-15-8-6-5-7-14(15)16-12-10-13(11-12)17-4-2/h3,5-8,12-13,16H,1,4,9-11H2,2H3. The molecule has 0 heterocycles. The molecule has 2 nitrogen and oxygen atoms in total.